The minimum atomic E-state index is -0.457. The highest BCUT2D eigenvalue weighted by molar-refractivity contribution is 5.99. The molecule has 2 aromatic heterocycles. The van der Waals surface area contributed by atoms with Crippen molar-refractivity contribution in [1.29, 1.82) is 0 Å². The van der Waals surface area contributed by atoms with Crippen LogP contribution in [-0.4, -0.2) is 29.7 Å². The third kappa shape index (κ3) is 2.99. The van der Waals surface area contributed by atoms with E-state index in [0.717, 1.165) is 23.7 Å². The number of H-pyrrole nitrogens is 1. The Balaban J connectivity index is 2.32. The molecular weight excluding hydrogens is 256 g/mol. The van der Waals surface area contributed by atoms with Gasteiger partial charge >= 0.3 is 5.97 Å². The fourth-order valence-corrected chi connectivity index (χ4v) is 1.89. The van der Waals surface area contributed by atoms with E-state index >= 15 is 0 Å². The molecule has 5 nitrogen and oxygen atoms in total. The first-order valence-electron chi connectivity index (χ1n) is 6.60. The molecule has 1 N–H and O–H groups in total. The summed E-state index contributed by atoms with van der Waals surface area (Å²) in [5, 5.41) is 0.913. The summed E-state index contributed by atoms with van der Waals surface area (Å²) < 4.78 is 10.2. The van der Waals surface area contributed by atoms with Crippen molar-refractivity contribution in [2.75, 3.05) is 13.7 Å². The number of aromatic amines is 1. The second-order valence-electron chi connectivity index (χ2n) is 4.34. The summed E-state index contributed by atoms with van der Waals surface area (Å²) in [7, 11) is 1.34. The number of hydrogen-bond donors (Lipinski definition) is 1. The van der Waals surface area contributed by atoms with E-state index in [-0.39, 0.29) is 5.69 Å². The number of ether oxygens (including phenoxy) is 2. The van der Waals surface area contributed by atoms with Gasteiger partial charge in [-0.1, -0.05) is 13.3 Å². The summed E-state index contributed by atoms with van der Waals surface area (Å²) in [6.45, 7) is 2.77. The topological polar surface area (TPSA) is 64.2 Å². The Bertz CT molecular complexity index is 617. The van der Waals surface area contributed by atoms with Gasteiger partial charge in [0.2, 0.25) is 0 Å². The van der Waals surface area contributed by atoms with Crippen LogP contribution < -0.4 is 0 Å². The zero-order valence-corrected chi connectivity index (χ0v) is 11.7. The van der Waals surface area contributed by atoms with Crippen molar-refractivity contribution in [3.63, 3.8) is 0 Å². The lowest BCUT2D eigenvalue weighted by Crippen LogP contribution is -2.06. The number of nitrogens with one attached hydrogen (secondary N) is 1. The van der Waals surface area contributed by atoms with Crippen LogP contribution in [0.25, 0.3) is 17.0 Å². The molecule has 20 heavy (non-hydrogen) atoms. The predicted octanol–water partition coefficient (Wildman–Crippen LogP) is 3.14. The summed E-state index contributed by atoms with van der Waals surface area (Å²) in [5.74, 6) is -0.457. The van der Waals surface area contributed by atoms with Gasteiger partial charge in [0.05, 0.1) is 31.7 Å². The number of unbranched alkanes of at least 4 members (excludes halogenated alkanes) is 1. The van der Waals surface area contributed by atoms with E-state index in [1.165, 1.54) is 7.11 Å². The Morgan fingerprint density at radius 3 is 3.10 bits per heavy atom. The maximum atomic E-state index is 11.8. The van der Waals surface area contributed by atoms with E-state index < -0.39 is 5.97 Å². The average molecular weight is 274 g/mol. The standard InChI is InChI=1S/C15H18N2O3/c1-3-4-8-20-9-6-12-11-5-7-16-13(11)10-17-14(12)15(18)19-2/h5-7,9-10,16H,3-4,8H2,1-2H3/b9-6+. The zero-order valence-electron chi connectivity index (χ0n) is 11.7. The molecule has 2 rings (SSSR count). The number of rotatable bonds is 6. The number of aromatic nitrogens is 2. The smallest absolute Gasteiger partial charge is 0.357 e. The van der Waals surface area contributed by atoms with Gasteiger partial charge in [0, 0.05) is 17.1 Å². The van der Waals surface area contributed by atoms with Crippen molar-refractivity contribution in [3.05, 3.63) is 36.0 Å². The van der Waals surface area contributed by atoms with Crippen LogP contribution in [0.4, 0.5) is 0 Å². The molecule has 2 aromatic rings. The van der Waals surface area contributed by atoms with E-state index in [9.17, 15) is 4.79 Å². The van der Waals surface area contributed by atoms with Crippen LogP contribution in [0.15, 0.2) is 24.7 Å². The van der Waals surface area contributed by atoms with E-state index in [4.69, 9.17) is 9.47 Å². The maximum Gasteiger partial charge on any atom is 0.357 e. The Morgan fingerprint density at radius 2 is 2.35 bits per heavy atom. The monoisotopic (exact) mass is 274 g/mol. The molecule has 0 amide bonds. The fourth-order valence-electron chi connectivity index (χ4n) is 1.89. The number of nitrogens with zero attached hydrogens (tertiary/aromatic N) is 1. The minimum absolute atomic E-state index is 0.287. The van der Waals surface area contributed by atoms with Gasteiger partial charge in [-0.15, -0.1) is 0 Å². The number of methoxy groups -OCH3 is 1. The van der Waals surface area contributed by atoms with Crippen LogP contribution in [0.2, 0.25) is 0 Å². The Labute approximate surface area is 117 Å². The fraction of sp³-hybridized carbons (Fsp3) is 0.333. The molecule has 0 aliphatic rings. The van der Waals surface area contributed by atoms with Gasteiger partial charge < -0.3 is 14.5 Å². The van der Waals surface area contributed by atoms with Gasteiger partial charge in [0.15, 0.2) is 5.69 Å². The highest BCUT2D eigenvalue weighted by atomic mass is 16.5. The number of fused-ring (bicyclic) bond motifs is 1. The van der Waals surface area contributed by atoms with E-state index in [1.54, 1.807) is 18.5 Å². The molecule has 0 fully saturated rings. The van der Waals surface area contributed by atoms with Crippen molar-refractivity contribution in [3.8, 4) is 0 Å². The second kappa shape index (κ2) is 6.75. The van der Waals surface area contributed by atoms with Crippen LogP contribution >= 0.6 is 0 Å². The number of carbonyl (C=O) groups is 1. The maximum absolute atomic E-state index is 11.8. The van der Waals surface area contributed by atoms with Crippen LogP contribution in [-0.2, 0) is 9.47 Å². The van der Waals surface area contributed by atoms with Crippen LogP contribution in [0, 0.1) is 0 Å². The summed E-state index contributed by atoms with van der Waals surface area (Å²) in [5.41, 5.74) is 1.85. The van der Waals surface area contributed by atoms with Crippen LogP contribution in [0.5, 0.6) is 0 Å². The van der Waals surface area contributed by atoms with Crippen LogP contribution in [0.3, 0.4) is 0 Å². The Hall–Kier alpha value is -2.30. The van der Waals surface area contributed by atoms with Gasteiger partial charge in [-0.3, -0.25) is 0 Å². The SMILES string of the molecule is CCCCO/C=C/c1c(C(=O)OC)ncc2[nH]ccc12. The average Bonchev–Trinajstić information content (AvgIpc) is 2.95. The summed E-state index contributed by atoms with van der Waals surface area (Å²) >= 11 is 0. The van der Waals surface area contributed by atoms with Crippen molar-refractivity contribution in [2.45, 2.75) is 19.8 Å². The highest BCUT2D eigenvalue weighted by Gasteiger charge is 2.15. The molecule has 0 saturated heterocycles. The molecular formula is C15H18N2O3. The molecule has 106 valence electrons. The van der Waals surface area contributed by atoms with Crippen molar-refractivity contribution in [1.82, 2.24) is 9.97 Å². The summed E-state index contributed by atoms with van der Waals surface area (Å²) in [6, 6.07) is 1.90. The zero-order chi connectivity index (χ0) is 14.4. The number of pyridine rings is 1. The van der Waals surface area contributed by atoms with Gasteiger partial charge in [-0.05, 0) is 18.6 Å². The predicted molar refractivity (Wildman–Crippen MR) is 77.3 cm³/mol. The third-order valence-electron chi connectivity index (χ3n) is 2.97. The summed E-state index contributed by atoms with van der Waals surface area (Å²) in [4.78, 5) is 19.0. The molecule has 0 unspecified atom stereocenters. The molecule has 5 heteroatoms. The third-order valence-corrected chi connectivity index (χ3v) is 2.97. The molecule has 0 saturated carbocycles. The molecule has 0 bridgehead atoms. The Morgan fingerprint density at radius 1 is 1.50 bits per heavy atom. The molecule has 2 heterocycles. The summed E-state index contributed by atoms with van der Waals surface area (Å²) in [6.07, 6.45) is 8.87. The largest absolute Gasteiger partial charge is 0.501 e. The van der Waals surface area contributed by atoms with Gasteiger partial charge in [-0.2, -0.15) is 0 Å². The molecule has 0 aromatic carbocycles. The normalized spacial score (nSPS) is 11.1. The van der Waals surface area contributed by atoms with Gasteiger partial charge in [-0.25, -0.2) is 9.78 Å². The quantitative estimate of drug-likeness (QED) is 0.499. The number of carbonyl (C=O) groups excluding carboxylic acids is 1. The molecule has 0 aliphatic heterocycles. The number of esters is 1. The molecule has 0 atom stereocenters. The van der Waals surface area contributed by atoms with E-state index in [0.29, 0.717) is 12.2 Å². The molecule has 0 radical (unpaired) electrons. The molecule has 0 spiro atoms. The first-order chi connectivity index (χ1) is 9.77. The van der Waals surface area contributed by atoms with Crippen molar-refractivity contribution < 1.29 is 14.3 Å². The van der Waals surface area contributed by atoms with Crippen LogP contribution in [0.1, 0.15) is 35.8 Å². The van der Waals surface area contributed by atoms with E-state index in [1.807, 2.05) is 12.3 Å². The van der Waals surface area contributed by atoms with Gasteiger partial charge in [0.25, 0.3) is 0 Å². The lowest BCUT2D eigenvalue weighted by Gasteiger charge is -2.05. The highest BCUT2D eigenvalue weighted by Crippen LogP contribution is 2.22. The first kappa shape index (κ1) is 14.1. The number of hydrogen-bond acceptors (Lipinski definition) is 4. The lowest BCUT2D eigenvalue weighted by atomic mass is 10.1. The first-order valence-corrected chi connectivity index (χ1v) is 6.60. The van der Waals surface area contributed by atoms with Crippen molar-refractivity contribution in [2.24, 2.45) is 0 Å². The second-order valence-corrected chi connectivity index (χ2v) is 4.34. The van der Waals surface area contributed by atoms with E-state index in [2.05, 4.69) is 16.9 Å². The minimum Gasteiger partial charge on any atom is -0.501 e. The van der Waals surface area contributed by atoms with Gasteiger partial charge in [0.1, 0.15) is 0 Å². The lowest BCUT2D eigenvalue weighted by molar-refractivity contribution is 0.0594. The molecule has 0 aliphatic carbocycles. The van der Waals surface area contributed by atoms with Crippen molar-refractivity contribution >= 4 is 22.9 Å². The Kier molecular flexibility index (Phi) is 4.76.